The van der Waals surface area contributed by atoms with Crippen molar-refractivity contribution in [1.29, 1.82) is 0 Å². The fraction of sp³-hybridized carbons (Fsp3) is 0.214. The molecule has 0 aliphatic heterocycles. The number of hydrogen-bond acceptors (Lipinski definition) is 6. The second-order valence-electron chi connectivity index (χ2n) is 4.20. The average molecular weight is 290 g/mol. The van der Waals surface area contributed by atoms with Gasteiger partial charge in [-0.2, -0.15) is 5.10 Å². The zero-order valence-electron chi connectivity index (χ0n) is 11.5. The number of aromatic hydroxyl groups is 1. The zero-order chi connectivity index (χ0) is 15.4. The number of ether oxygens (including phenoxy) is 1. The maximum Gasteiger partial charge on any atom is 0.427 e. The summed E-state index contributed by atoms with van der Waals surface area (Å²) in [7, 11) is 0. The van der Waals surface area contributed by atoms with Crippen LogP contribution in [-0.4, -0.2) is 23.5 Å². The quantitative estimate of drug-likeness (QED) is 0.511. The fourth-order valence-electron chi connectivity index (χ4n) is 1.71. The number of phenolic OH excluding ortho intramolecular Hbond substituents is 1. The summed E-state index contributed by atoms with van der Waals surface area (Å²) in [6.07, 6.45) is -0.702. The van der Waals surface area contributed by atoms with E-state index in [4.69, 9.17) is 4.42 Å². The Bertz CT molecular complexity index is 764. The van der Waals surface area contributed by atoms with Gasteiger partial charge in [0.05, 0.1) is 17.9 Å². The first kappa shape index (κ1) is 14.6. The SMILES string of the molecule is CCOC(=O)N/N=C(/C)c1cc2ccc(O)cc2oc1=O. The van der Waals surface area contributed by atoms with Gasteiger partial charge in [0.15, 0.2) is 0 Å². The Morgan fingerprint density at radius 3 is 2.90 bits per heavy atom. The van der Waals surface area contributed by atoms with Gasteiger partial charge in [-0.25, -0.2) is 15.0 Å². The minimum atomic E-state index is -0.702. The number of nitrogens with zero attached hydrogens (tertiary/aromatic N) is 1. The number of phenols is 1. The number of fused-ring (bicyclic) bond motifs is 1. The zero-order valence-corrected chi connectivity index (χ0v) is 11.5. The van der Waals surface area contributed by atoms with Gasteiger partial charge < -0.3 is 14.3 Å². The highest BCUT2D eigenvalue weighted by atomic mass is 16.5. The molecule has 0 aliphatic carbocycles. The minimum Gasteiger partial charge on any atom is -0.508 e. The van der Waals surface area contributed by atoms with Crippen molar-refractivity contribution in [2.24, 2.45) is 5.10 Å². The Kier molecular flexibility index (Phi) is 4.22. The fourth-order valence-corrected chi connectivity index (χ4v) is 1.71. The van der Waals surface area contributed by atoms with E-state index in [9.17, 15) is 14.7 Å². The summed E-state index contributed by atoms with van der Waals surface area (Å²) in [5, 5.41) is 13.8. The number of rotatable bonds is 3. The molecule has 0 fully saturated rings. The van der Waals surface area contributed by atoms with Gasteiger partial charge in [0.2, 0.25) is 0 Å². The van der Waals surface area contributed by atoms with Gasteiger partial charge >= 0.3 is 11.7 Å². The molecular weight excluding hydrogens is 276 g/mol. The third-order valence-electron chi connectivity index (χ3n) is 2.70. The molecule has 0 saturated carbocycles. The molecule has 0 unspecified atom stereocenters. The molecule has 1 heterocycles. The third kappa shape index (κ3) is 3.38. The Balaban J connectivity index is 2.35. The Hall–Kier alpha value is -2.83. The van der Waals surface area contributed by atoms with Crippen LogP contribution in [0.4, 0.5) is 4.79 Å². The third-order valence-corrected chi connectivity index (χ3v) is 2.70. The second kappa shape index (κ2) is 6.08. The van der Waals surface area contributed by atoms with E-state index < -0.39 is 11.7 Å². The maximum atomic E-state index is 11.9. The molecule has 0 bridgehead atoms. The summed E-state index contributed by atoms with van der Waals surface area (Å²) >= 11 is 0. The van der Waals surface area contributed by atoms with Crippen LogP contribution in [0, 0.1) is 0 Å². The van der Waals surface area contributed by atoms with E-state index >= 15 is 0 Å². The number of amides is 1. The lowest BCUT2D eigenvalue weighted by Crippen LogP contribution is -2.22. The van der Waals surface area contributed by atoms with Gasteiger partial charge in [-0.05, 0) is 32.0 Å². The van der Waals surface area contributed by atoms with Gasteiger partial charge in [-0.1, -0.05) is 0 Å². The molecule has 1 aromatic heterocycles. The van der Waals surface area contributed by atoms with Crippen LogP contribution < -0.4 is 11.1 Å². The number of carbonyl (C=O) groups excluding carboxylic acids is 1. The van der Waals surface area contributed by atoms with Gasteiger partial charge in [0.1, 0.15) is 11.3 Å². The highest BCUT2D eigenvalue weighted by Gasteiger charge is 2.09. The van der Waals surface area contributed by atoms with E-state index in [1.165, 1.54) is 12.1 Å². The maximum absolute atomic E-state index is 11.9. The number of hydrogen-bond donors (Lipinski definition) is 2. The van der Waals surface area contributed by atoms with Crippen LogP contribution in [0.2, 0.25) is 0 Å². The van der Waals surface area contributed by atoms with Crippen LogP contribution in [-0.2, 0) is 4.74 Å². The summed E-state index contributed by atoms with van der Waals surface area (Å²) < 4.78 is 9.76. The Labute approximate surface area is 119 Å². The summed E-state index contributed by atoms with van der Waals surface area (Å²) in [6, 6.07) is 6.02. The second-order valence-corrected chi connectivity index (χ2v) is 4.20. The predicted octanol–water partition coefficient (Wildman–Crippen LogP) is 1.97. The van der Waals surface area contributed by atoms with Crippen molar-refractivity contribution in [3.63, 3.8) is 0 Å². The lowest BCUT2D eigenvalue weighted by Gasteiger charge is -2.03. The van der Waals surface area contributed by atoms with Crippen LogP contribution in [0.25, 0.3) is 11.0 Å². The molecule has 0 spiro atoms. The first-order chi connectivity index (χ1) is 10.0. The molecule has 7 nitrogen and oxygen atoms in total. The van der Waals surface area contributed by atoms with Gasteiger partial charge in [-0.3, -0.25) is 0 Å². The molecule has 2 aromatic rings. The van der Waals surface area contributed by atoms with Gasteiger partial charge in [0.25, 0.3) is 0 Å². The topological polar surface area (TPSA) is 101 Å². The normalized spacial score (nSPS) is 11.4. The summed E-state index contributed by atoms with van der Waals surface area (Å²) in [4.78, 5) is 23.0. The molecule has 0 aliphatic rings. The average Bonchev–Trinajstić information content (AvgIpc) is 2.44. The van der Waals surface area contributed by atoms with Crippen molar-refractivity contribution in [3.8, 4) is 5.75 Å². The lowest BCUT2D eigenvalue weighted by atomic mass is 10.1. The standard InChI is InChI=1S/C14H14N2O5/c1-3-20-14(19)16-15-8(2)11-6-9-4-5-10(17)7-12(9)21-13(11)18/h4-7,17H,3H2,1-2H3,(H,16,19)/b15-8-. The number of hydrazone groups is 1. The van der Waals surface area contributed by atoms with E-state index in [0.717, 1.165) is 0 Å². The largest absolute Gasteiger partial charge is 0.508 e. The van der Waals surface area contributed by atoms with E-state index in [0.29, 0.717) is 5.39 Å². The first-order valence-electron chi connectivity index (χ1n) is 6.25. The molecule has 0 atom stereocenters. The first-order valence-corrected chi connectivity index (χ1v) is 6.25. The van der Waals surface area contributed by atoms with E-state index in [1.54, 1.807) is 26.0 Å². The van der Waals surface area contributed by atoms with Crippen molar-refractivity contribution < 1.29 is 19.1 Å². The van der Waals surface area contributed by atoms with Crippen molar-refractivity contribution in [2.45, 2.75) is 13.8 Å². The lowest BCUT2D eigenvalue weighted by molar-refractivity contribution is 0.152. The minimum absolute atomic E-state index is 0.00719. The predicted molar refractivity (Wildman–Crippen MR) is 76.5 cm³/mol. The monoisotopic (exact) mass is 290 g/mol. The van der Waals surface area contributed by atoms with Crippen molar-refractivity contribution in [3.05, 3.63) is 40.2 Å². The molecule has 1 amide bonds. The number of carbonyl (C=O) groups is 1. The van der Waals surface area contributed by atoms with E-state index in [1.807, 2.05) is 0 Å². The number of benzene rings is 1. The van der Waals surface area contributed by atoms with E-state index in [2.05, 4.69) is 15.3 Å². The van der Waals surface area contributed by atoms with Crippen LogP contribution >= 0.6 is 0 Å². The number of nitrogens with one attached hydrogen (secondary N) is 1. The summed E-state index contributed by atoms with van der Waals surface area (Å²) in [6.45, 7) is 3.45. The molecule has 21 heavy (non-hydrogen) atoms. The smallest absolute Gasteiger partial charge is 0.427 e. The van der Waals surface area contributed by atoms with Crippen molar-refractivity contribution in [1.82, 2.24) is 5.43 Å². The van der Waals surface area contributed by atoms with Gasteiger partial charge in [-0.15, -0.1) is 0 Å². The molecule has 0 saturated heterocycles. The molecule has 2 N–H and O–H groups in total. The molecule has 7 heteroatoms. The van der Waals surface area contributed by atoms with Crippen LogP contribution in [0.1, 0.15) is 19.4 Å². The van der Waals surface area contributed by atoms with Crippen LogP contribution in [0.5, 0.6) is 5.75 Å². The Morgan fingerprint density at radius 1 is 1.43 bits per heavy atom. The highest BCUT2D eigenvalue weighted by molar-refractivity contribution is 6.00. The van der Waals surface area contributed by atoms with Crippen molar-refractivity contribution >= 4 is 22.8 Å². The highest BCUT2D eigenvalue weighted by Crippen LogP contribution is 2.19. The summed E-state index contributed by atoms with van der Waals surface area (Å²) in [5.74, 6) is 0.00719. The van der Waals surface area contributed by atoms with Crippen molar-refractivity contribution in [2.75, 3.05) is 6.61 Å². The molecular formula is C14H14N2O5. The molecule has 1 aromatic carbocycles. The van der Waals surface area contributed by atoms with Crippen LogP contribution in [0.3, 0.4) is 0 Å². The van der Waals surface area contributed by atoms with Crippen LogP contribution in [0.15, 0.2) is 38.6 Å². The summed E-state index contributed by atoms with van der Waals surface area (Å²) in [5.41, 5.74) is 2.33. The molecule has 0 radical (unpaired) electrons. The Morgan fingerprint density at radius 2 is 2.19 bits per heavy atom. The molecule has 2 rings (SSSR count). The molecule has 110 valence electrons. The van der Waals surface area contributed by atoms with E-state index in [-0.39, 0.29) is 29.2 Å². The van der Waals surface area contributed by atoms with Gasteiger partial charge in [0, 0.05) is 11.5 Å².